The van der Waals surface area contributed by atoms with Crippen LogP contribution in [0.5, 0.6) is 0 Å². The molecule has 0 bridgehead atoms. The van der Waals surface area contributed by atoms with Crippen LogP contribution in [-0.4, -0.2) is 53.9 Å². The molecule has 2 aromatic rings. The van der Waals surface area contributed by atoms with Crippen LogP contribution in [-0.2, 0) is 13.1 Å². The molecule has 6 nitrogen and oxygen atoms in total. The zero-order valence-electron chi connectivity index (χ0n) is 17.1. The largest absolute Gasteiger partial charge is 0.356 e. The highest BCUT2D eigenvalue weighted by Gasteiger charge is 2.20. The zero-order chi connectivity index (χ0) is 19.6. The van der Waals surface area contributed by atoms with E-state index in [0.29, 0.717) is 5.92 Å². The number of aryl methyl sites for hydroxylation is 1. The van der Waals surface area contributed by atoms with Crippen molar-refractivity contribution in [3.05, 3.63) is 53.3 Å². The van der Waals surface area contributed by atoms with Gasteiger partial charge in [-0.1, -0.05) is 29.8 Å². The average Bonchev–Trinajstić information content (AvgIpc) is 3.24. The summed E-state index contributed by atoms with van der Waals surface area (Å²) in [6.07, 6.45) is 7.23. The Morgan fingerprint density at radius 1 is 1.21 bits per heavy atom. The first-order chi connectivity index (χ1) is 13.7. The Morgan fingerprint density at radius 3 is 2.69 bits per heavy atom. The van der Waals surface area contributed by atoms with Gasteiger partial charge in [0.25, 0.3) is 0 Å². The van der Waals surface area contributed by atoms with Gasteiger partial charge in [0.05, 0.1) is 0 Å². The minimum absolute atomic E-state index is 0. The van der Waals surface area contributed by atoms with Crippen LogP contribution in [0.15, 0.2) is 47.7 Å². The molecule has 0 unspecified atom stereocenters. The van der Waals surface area contributed by atoms with Gasteiger partial charge in [0.1, 0.15) is 0 Å². The summed E-state index contributed by atoms with van der Waals surface area (Å²) >= 11 is 6.29. The number of halogens is 2. The second-order valence-corrected chi connectivity index (χ2v) is 7.72. The van der Waals surface area contributed by atoms with Crippen LogP contribution in [0.1, 0.15) is 24.8 Å². The first-order valence-electron chi connectivity index (χ1n) is 10.1. The Kier molecular flexibility index (Phi) is 10.8. The molecule has 1 aromatic heterocycles. The fourth-order valence-corrected chi connectivity index (χ4v) is 3.75. The van der Waals surface area contributed by atoms with E-state index in [1.54, 1.807) is 0 Å². The van der Waals surface area contributed by atoms with E-state index in [1.165, 1.54) is 18.4 Å². The fourth-order valence-electron chi connectivity index (χ4n) is 3.56. The van der Waals surface area contributed by atoms with Crippen LogP contribution in [0.4, 0.5) is 0 Å². The van der Waals surface area contributed by atoms with E-state index in [1.807, 2.05) is 42.3 Å². The number of hydrogen-bond acceptors (Lipinski definition) is 3. The summed E-state index contributed by atoms with van der Waals surface area (Å²) < 4.78 is 1.95. The van der Waals surface area contributed by atoms with E-state index >= 15 is 0 Å². The molecule has 2 heterocycles. The van der Waals surface area contributed by atoms with Crippen molar-refractivity contribution in [1.82, 2.24) is 25.3 Å². The molecule has 2 N–H and O–H groups in total. The molecule has 3 rings (SSSR count). The molecular weight excluding hydrogens is 499 g/mol. The van der Waals surface area contributed by atoms with E-state index < -0.39 is 0 Å². The van der Waals surface area contributed by atoms with Crippen LogP contribution in [0.2, 0.25) is 5.02 Å². The SMILES string of the molecule is CN=C(NCCCn1cccn1)NCC1CCN(Cc2ccccc2Cl)CC1.I. The Morgan fingerprint density at radius 2 is 2.00 bits per heavy atom. The number of nitrogens with one attached hydrogen (secondary N) is 2. The number of guanidine groups is 1. The summed E-state index contributed by atoms with van der Waals surface area (Å²) in [6.45, 7) is 5.95. The molecule has 1 fully saturated rings. The molecule has 0 radical (unpaired) electrons. The van der Waals surface area contributed by atoms with Gasteiger partial charge in [-0.25, -0.2) is 0 Å². The van der Waals surface area contributed by atoms with Crippen molar-refractivity contribution >= 4 is 41.5 Å². The van der Waals surface area contributed by atoms with Crippen LogP contribution in [0.3, 0.4) is 0 Å². The number of likely N-dealkylation sites (tertiary alicyclic amines) is 1. The zero-order valence-corrected chi connectivity index (χ0v) is 20.1. The second kappa shape index (κ2) is 13.1. The first kappa shape index (κ1) is 24.0. The predicted molar refractivity (Wildman–Crippen MR) is 131 cm³/mol. The minimum Gasteiger partial charge on any atom is -0.356 e. The van der Waals surface area contributed by atoms with Crippen LogP contribution in [0, 0.1) is 5.92 Å². The van der Waals surface area contributed by atoms with E-state index in [9.17, 15) is 0 Å². The van der Waals surface area contributed by atoms with E-state index in [4.69, 9.17) is 11.6 Å². The van der Waals surface area contributed by atoms with E-state index in [0.717, 1.165) is 56.7 Å². The highest BCUT2D eigenvalue weighted by molar-refractivity contribution is 14.0. The fraction of sp³-hybridized carbons (Fsp3) is 0.524. The average molecular weight is 531 g/mol. The summed E-state index contributed by atoms with van der Waals surface area (Å²) in [4.78, 5) is 6.83. The van der Waals surface area contributed by atoms with E-state index in [2.05, 4.69) is 37.8 Å². The van der Waals surface area contributed by atoms with Gasteiger partial charge < -0.3 is 10.6 Å². The molecule has 1 aliphatic heterocycles. The number of benzene rings is 1. The van der Waals surface area contributed by atoms with Crippen molar-refractivity contribution < 1.29 is 0 Å². The smallest absolute Gasteiger partial charge is 0.190 e. The molecule has 8 heteroatoms. The Balaban J connectivity index is 0.00000300. The standard InChI is InChI=1S/C21H31ClN6.HI/c1-23-21(24-10-4-12-28-13-5-11-26-28)25-16-18-8-14-27(15-9-18)17-19-6-2-3-7-20(19)22;/h2-3,5-7,11,13,18H,4,8-10,12,14-17H2,1H3,(H2,23,24,25);1H. The summed E-state index contributed by atoms with van der Waals surface area (Å²) in [7, 11) is 1.83. The molecule has 29 heavy (non-hydrogen) atoms. The van der Waals surface area contributed by atoms with Crippen molar-refractivity contribution in [2.45, 2.75) is 32.4 Å². The van der Waals surface area contributed by atoms with Gasteiger partial charge in [0, 0.05) is 50.6 Å². The Bertz CT molecular complexity index is 729. The third kappa shape index (κ3) is 8.14. The molecule has 0 atom stereocenters. The number of aromatic nitrogens is 2. The second-order valence-electron chi connectivity index (χ2n) is 7.31. The Hall–Kier alpha value is -1.32. The first-order valence-corrected chi connectivity index (χ1v) is 10.5. The van der Waals surface area contributed by atoms with Gasteiger partial charge >= 0.3 is 0 Å². The third-order valence-corrected chi connectivity index (χ3v) is 5.63. The number of aliphatic imine (C=N–C) groups is 1. The highest BCUT2D eigenvalue weighted by Crippen LogP contribution is 2.21. The molecule has 0 spiro atoms. The molecule has 0 saturated carbocycles. The Labute approximate surface area is 196 Å². The lowest BCUT2D eigenvalue weighted by molar-refractivity contribution is 0.178. The van der Waals surface area contributed by atoms with Gasteiger partial charge in [0.15, 0.2) is 5.96 Å². The normalized spacial score (nSPS) is 15.7. The molecule has 1 aliphatic rings. The third-order valence-electron chi connectivity index (χ3n) is 5.26. The lowest BCUT2D eigenvalue weighted by Crippen LogP contribution is -2.43. The van der Waals surface area contributed by atoms with Gasteiger partial charge in [-0.3, -0.25) is 14.6 Å². The lowest BCUT2D eigenvalue weighted by Gasteiger charge is -2.32. The molecule has 1 aromatic carbocycles. The lowest BCUT2D eigenvalue weighted by atomic mass is 9.96. The molecule has 0 amide bonds. The monoisotopic (exact) mass is 530 g/mol. The van der Waals surface area contributed by atoms with Crippen molar-refractivity contribution in [1.29, 1.82) is 0 Å². The highest BCUT2D eigenvalue weighted by atomic mass is 127. The molecule has 1 saturated heterocycles. The molecular formula is C21H32ClIN6. The molecule has 160 valence electrons. The number of hydrogen-bond donors (Lipinski definition) is 2. The maximum Gasteiger partial charge on any atom is 0.190 e. The van der Waals surface area contributed by atoms with E-state index in [-0.39, 0.29) is 24.0 Å². The number of rotatable bonds is 8. The quantitative estimate of drug-likeness (QED) is 0.237. The maximum absolute atomic E-state index is 6.29. The maximum atomic E-state index is 6.29. The van der Waals surface area contributed by atoms with Crippen LogP contribution >= 0.6 is 35.6 Å². The van der Waals surface area contributed by atoms with Gasteiger partial charge in [0.2, 0.25) is 0 Å². The summed E-state index contributed by atoms with van der Waals surface area (Å²) in [6, 6.07) is 10.1. The van der Waals surface area contributed by atoms with Crippen molar-refractivity contribution in [3.63, 3.8) is 0 Å². The summed E-state index contributed by atoms with van der Waals surface area (Å²) in [5, 5.41) is 12.0. The predicted octanol–water partition coefficient (Wildman–Crippen LogP) is 3.62. The van der Waals surface area contributed by atoms with Crippen molar-refractivity contribution in [2.75, 3.05) is 33.2 Å². The number of nitrogens with zero attached hydrogens (tertiary/aromatic N) is 4. The van der Waals surface area contributed by atoms with Crippen molar-refractivity contribution in [2.24, 2.45) is 10.9 Å². The van der Waals surface area contributed by atoms with Crippen LogP contribution in [0.25, 0.3) is 0 Å². The number of piperidine rings is 1. The van der Waals surface area contributed by atoms with Crippen LogP contribution < -0.4 is 10.6 Å². The van der Waals surface area contributed by atoms with Gasteiger partial charge in [-0.15, -0.1) is 24.0 Å². The summed E-state index contributed by atoms with van der Waals surface area (Å²) in [5.41, 5.74) is 1.22. The van der Waals surface area contributed by atoms with Crippen molar-refractivity contribution in [3.8, 4) is 0 Å². The minimum atomic E-state index is 0. The topological polar surface area (TPSA) is 57.5 Å². The van der Waals surface area contributed by atoms with Gasteiger partial charge in [-0.2, -0.15) is 5.10 Å². The molecule has 0 aliphatic carbocycles. The summed E-state index contributed by atoms with van der Waals surface area (Å²) in [5.74, 6) is 1.57. The van der Waals surface area contributed by atoms with Gasteiger partial charge in [-0.05, 0) is 56.0 Å².